The van der Waals surface area contributed by atoms with Crippen LogP contribution < -0.4 is 5.73 Å². The molecule has 1 aromatic carbocycles. The first-order valence-electron chi connectivity index (χ1n) is 5.77. The maximum atomic E-state index is 13.9. The van der Waals surface area contributed by atoms with Gasteiger partial charge in [-0.2, -0.15) is 5.10 Å². The highest BCUT2D eigenvalue weighted by Gasteiger charge is 2.20. The normalized spacial score (nSPS) is 12.7. The molecule has 1 atom stereocenters. The highest BCUT2D eigenvalue weighted by Crippen LogP contribution is 2.28. The molecule has 0 saturated carbocycles. The monoisotopic (exact) mass is 311 g/mol. The number of hydrogen-bond acceptors (Lipinski definition) is 2. The van der Waals surface area contributed by atoms with Crippen LogP contribution in [0.1, 0.15) is 29.8 Å². The molecule has 0 aliphatic heterocycles. The zero-order valence-corrected chi connectivity index (χ0v) is 11.9. The molecule has 2 aromatic rings. The second-order valence-electron chi connectivity index (χ2n) is 4.20. The third kappa shape index (κ3) is 2.33. The lowest BCUT2D eigenvalue weighted by Gasteiger charge is -2.16. The number of nitrogens with zero attached hydrogens (tertiary/aromatic N) is 2. The molecule has 1 unspecified atom stereocenters. The summed E-state index contributed by atoms with van der Waals surface area (Å²) in [5, 5.41) is 4.20. The highest BCUT2D eigenvalue weighted by molar-refractivity contribution is 9.10. The predicted molar refractivity (Wildman–Crippen MR) is 72.8 cm³/mol. The van der Waals surface area contributed by atoms with E-state index >= 15 is 0 Å². The Balaban J connectivity index is 2.50. The number of aromatic nitrogens is 2. The van der Waals surface area contributed by atoms with Crippen molar-refractivity contribution < 1.29 is 4.39 Å². The van der Waals surface area contributed by atoms with Gasteiger partial charge in [0, 0.05) is 12.1 Å². The fraction of sp³-hybridized carbons (Fsp3) is 0.308. The first kappa shape index (κ1) is 13.2. The summed E-state index contributed by atoms with van der Waals surface area (Å²) in [6.45, 7) is 4.59. The molecule has 0 radical (unpaired) electrons. The van der Waals surface area contributed by atoms with Gasteiger partial charge in [0.05, 0.1) is 22.4 Å². The molecule has 1 aromatic heterocycles. The lowest BCUT2D eigenvalue weighted by atomic mass is 10.0. The topological polar surface area (TPSA) is 43.8 Å². The summed E-state index contributed by atoms with van der Waals surface area (Å²) in [6, 6.07) is 4.43. The second-order valence-corrected chi connectivity index (χ2v) is 5.05. The minimum Gasteiger partial charge on any atom is -0.319 e. The molecule has 0 fully saturated rings. The average molecular weight is 312 g/mol. The first-order valence-corrected chi connectivity index (χ1v) is 6.56. The molecule has 2 rings (SSSR count). The van der Waals surface area contributed by atoms with Gasteiger partial charge < -0.3 is 5.73 Å². The summed E-state index contributed by atoms with van der Waals surface area (Å²) in [4.78, 5) is 0. The number of rotatable bonds is 3. The van der Waals surface area contributed by atoms with Crippen LogP contribution in [-0.2, 0) is 6.54 Å². The van der Waals surface area contributed by atoms with Crippen molar-refractivity contribution in [3.05, 3.63) is 51.5 Å². The maximum absolute atomic E-state index is 13.9. The molecule has 5 heteroatoms. The van der Waals surface area contributed by atoms with Gasteiger partial charge in [-0.05, 0) is 35.8 Å². The molecular weight excluding hydrogens is 297 g/mol. The molecule has 0 amide bonds. The number of benzene rings is 1. The van der Waals surface area contributed by atoms with Crippen LogP contribution in [0, 0.1) is 12.7 Å². The Hall–Kier alpha value is -1.20. The zero-order valence-electron chi connectivity index (χ0n) is 10.3. The lowest BCUT2D eigenvalue weighted by molar-refractivity contribution is 0.566. The average Bonchev–Trinajstić information content (AvgIpc) is 2.72. The van der Waals surface area contributed by atoms with E-state index in [2.05, 4.69) is 21.0 Å². The van der Waals surface area contributed by atoms with Crippen LogP contribution in [0.5, 0.6) is 0 Å². The van der Waals surface area contributed by atoms with E-state index in [9.17, 15) is 4.39 Å². The largest absolute Gasteiger partial charge is 0.319 e. The number of halogens is 2. The lowest BCUT2D eigenvalue weighted by Crippen LogP contribution is -2.19. The number of hydrogen-bond donors (Lipinski definition) is 1. The van der Waals surface area contributed by atoms with E-state index in [4.69, 9.17) is 5.73 Å². The van der Waals surface area contributed by atoms with Gasteiger partial charge in [-0.1, -0.05) is 17.7 Å². The van der Waals surface area contributed by atoms with Gasteiger partial charge >= 0.3 is 0 Å². The van der Waals surface area contributed by atoms with Crippen LogP contribution in [0.15, 0.2) is 28.9 Å². The fourth-order valence-corrected chi connectivity index (χ4v) is 2.52. The Kier molecular flexibility index (Phi) is 3.82. The Bertz CT molecular complexity index is 565. The molecule has 2 N–H and O–H groups in total. The summed E-state index contributed by atoms with van der Waals surface area (Å²) >= 11 is 3.41. The van der Waals surface area contributed by atoms with Gasteiger partial charge in [0.25, 0.3) is 0 Å². The Morgan fingerprint density at radius 3 is 2.89 bits per heavy atom. The molecule has 0 aliphatic rings. The van der Waals surface area contributed by atoms with E-state index in [1.165, 1.54) is 6.07 Å². The Morgan fingerprint density at radius 2 is 2.22 bits per heavy atom. The van der Waals surface area contributed by atoms with Gasteiger partial charge in [0.1, 0.15) is 5.82 Å². The molecular formula is C13H15BrFN3. The van der Waals surface area contributed by atoms with Crippen LogP contribution >= 0.6 is 15.9 Å². The van der Waals surface area contributed by atoms with E-state index in [-0.39, 0.29) is 5.82 Å². The van der Waals surface area contributed by atoms with Crippen LogP contribution in [-0.4, -0.2) is 9.78 Å². The standard InChI is InChI=1S/C13H15BrFN3/c1-3-18-13(10(14)7-17-18)12(16)9-6-8(2)4-5-11(9)15/h4-7,12H,3,16H2,1-2H3. The van der Waals surface area contributed by atoms with Gasteiger partial charge in [0.2, 0.25) is 0 Å². The molecule has 3 nitrogen and oxygen atoms in total. The summed E-state index contributed by atoms with van der Waals surface area (Å²) in [6.07, 6.45) is 1.69. The van der Waals surface area contributed by atoms with Gasteiger partial charge in [-0.25, -0.2) is 4.39 Å². The summed E-state index contributed by atoms with van der Waals surface area (Å²) < 4.78 is 16.4. The van der Waals surface area contributed by atoms with E-state index in [1.807, 2.05) is 13.8 Å². The molecule has 0 spiro atoms. The minimum atomic E-state index is -0.526. The summed E-state index contributed by atoms with van der Waals surface area (Å²) in [7, 11) is 0. The fourth-order valence-electron chi connectivity index (χ4n) is 1.98. The highest BCUT2D eigenvalue weighted by atomic mass is 79.9. The third-order valence-electron chi connectivity index (χ3n) is 2.91. The third-order valence-corrected chi connectivity index (χ3v) is 3.52. The minimum absolute atomic E-state index is 0.288. The molecule has 1 heterocycles. The smallest absolute Gasteiger partial charge is 0.128 e. The van der Waals surface area contributed by atoms with Crippen molar-refractivity contribution in [1.29, 1.82) is 0 Å². The van der Waals surface area contributed by atoms with Crippen molar-refractivity contribution in [1.82, 2.24) is 9.78 Å². The van der Waals surface area contributed by atoms with Crippen molar-refractivity contribution in [3.63, 3.8) is 0 Å². The van der Waals surface area contributed by atoms with Crippen molar-refractivity contribution in [2.45, 2.75) is 26.4 Å². The summed E-state index contributed by atoms with van der Waals surface area (Å²) in [5.41, 5.74) is 8.45. The van der Waals surface area contributed by atoms with Crippen molar-refractivity contribution >= 4 is 15.9 Å². The molecule has 18 heavy (non-hydrogen) atoms. The molecule has 0 aliphatic carbocycles. The van der Waals surface area contributed by atoms with Gasteiger partial charge in [-0.3, -0.25) is 4.68 Å². The van der Waals surface area contributed by atoms with E-state index in [0.717, 1.165) is 15.7 Å². The zero-order chi connectivity index (χ0) is 13.3. The van der Waals surface area contributed by atoms with Crippen LogP contribution in [0.4, 0.5) is 4.39 Å². The predicted octanol–water partition coefficient (Wildman–Crippen LogP) is 3.16. The van der Waals surface area contributed by atoms with Crippen LogP contribution in [0.25, 0.3) is 0 Å². The SMILES string of the molecule is CCn1ncc(Br)c1C(N)c1cc(C)ccc1F. The Morgan fingerprint density at radius 1 is 1.50 bits per heavy atom. The number of nitrogens with two attached hydrogens (primary N) is 1. The number of aryl methyl sites for hydroxylation is 2. The van der Waals surface area contributed by atoms with E-state index in [1.54, 1.807) is 23.0 Å². The molecule has 0 bridgehead atoms. The van der Waals surface area contributed by atoms with Crippen molar-refractivity contribution in [2.24, 2.45) is 5.73 Å². The van der Waals surface area contributed by atoms with E-state index < -0.39 is 6.04 Å². The van der Waals surface area contributed by atoms with Gasteiger partial charge in [0.15, 0.2) is 0 Å². The molecule has 0 saturated heterocycles. The maximum Gasteiger partial charge on any atom is 0.128 e. The first-order chi connectivity index (χ1) is 8.54. The summed E-state index contributed by atoms with van der Waals surface area (Å²) in [5.74, 6) is -0.288. The van der Waals surface area contributed by atoms with Crippen molar-refractivity contribution in [3.8, 4) is 0 Å². The van der Waals surface area contributed by atoms with E-state index in [0.29, 0.717) is 12.1 Å². The van der Waals surface area contributed by atoms with Crippen LogP contribution in [0.2, 0.25) is 0 Å². The van der Waals surface area contributed by atoms with Crippen molar-refractivity contribution in [2.75, 3.05) is 0 Å². The van der Waals surface area contributed by atoms with Gasteiger partial charge in [-0.15, -0.1) is 0 Å². The molecule has 96 valence electrons. The second kappa shape index (κ2) is 5.20. The quantitative estimate of drug-likeness (QED) is 0.946. The Labute approximate surface area is 114 Å². The van der Waals surface area contributed by atoms with Crippen LogP contribution in [0.3, 0.4) is 0 Å².